The third kappa shape index (κ3) is 2.01. The van der Waals surface area contributed by atoms with Crippen LogP contribution in [0, 0.1) is 11.8 Å². The van der Waals surface area contributed by atoms with Gasteiger partial charge in [0.25, 0.3) is 0 Å². The van der Waals surface area contributed by atoms with Crippen LogP contribution in [0.25, 0.3) is 0 Å². The Morgan fingerprint density at radius 3 is 2.71 bits per heavy atom. The van der Waals surface area contributed by atoms with Crippen molar-refractivity contribution in [3.8, 4) is 0 Å². The van der Waals surface area contributed by atoms with Crippen LogP contribution in [0.3, 0.4) is 0 Å². The summed E-state index contributed by atoms with van der Waals surface area (Å²) in [5.74, 6) is 3.55. The van der Waals surface area contributed by atoms with Gasteiger partial charge in [0.05, 0.1) is 0 Å². The second-order valence-corrected chi connectivity index (χ2v) is 5.85. The molecule has 0 radical (unpaired) electrons. The Morgan fingerprint density at radius 2 is 2.06 bits per heavy atom. The highest BCUT2D eigenvalue weighted by Crippen LogP contribution is 2.45. The van der Waals surface area contributed by atoms with Crippen LogP contribution < -0.4 is 10.6 Å². The van der Waals surface area contributed by atoms with E-state index in [1.165, 1.54) is 25.7 Å². The molecule has 2 aliphatic rings. The van der Waals surface area contributed by atoms with Crippen molar-refractivity contribution in [1.29, 1.82) is 0 Å². The fourth-order valence-electron chi connectivity index (χ4n) is 3.24. The van der Waals surface area contributed by atoms with Crippen molar-refractivity contribution in [2.45, 2.75) is 31.7 Å². The molecule has 2 aliphatic carbocycles. The molecule has 3 unspecified atom stereocenters. The van der Waals surface area contributed by atoms with Crippen molar-refractivity contribution in [2.75, 3.05) is 17.7 Å². The molecule has 5 heteroatoms. The molecule has 1 heterocycles. The number of hydrogen-bond donors (Lipinski definition) is 2. The minimum Gasteiger partial charge on any atom is -0.372 e. The molecule has 17 heavy (non-hydrogen) atoms. The van der Waals surface area contributed by atoms with Crippen LogP contribution in [0.5, 0.6) is 0 Å². The number of nitrogens with zero attached hydrogens (tertiary/aromatic N) is 2. The van der Waals surface area contributed by atoms with Crippen LogP contribution in [0.4, 0.5) is 11.6 Å². The fraction of sp³-hybridized carbons (Fsp3) is 0.667. The highest BCUT2D eigenvalue weighted by molar-refractivity contribution is 9.10. The molecule has 0 spiro atoms. The molecule has 2 fully saturated rings. The topological polar surface area (TPSA) is 49.8 Å². The van der Waals surface area contributed by atoms with Crippen LogP contribution in [0.15, 0.2) is 10.8 Å². The smallest absolute Gasteiger partial charge is 0.146 e. The molecule has 0 aromatic carbocycles. The lowest BCUT2D eigenvalue weighted by Crippen LogP contribution is -2.26. The molecule has 2 bridgehead atoms. The van der Waals surface area contributed by atoms with Crippen molar-refractivity contribution in [3.63, 3.8) is 0 Å². The lowest BCUT2D eigenvalue weighted by Gasteiger charge is -2.24. The number of nitrogens with one attached hydrogen (secondary N) is 2. The average Bonchev–Trinajstić information content (AvgIpc) is 2.94. The van der Waals surface area contributed by atoms with E-state index in [0.717, 1.165) is 27.9 Å². The monoisotopic (exact) mass is 296 g/mol. The lowest BCUT2D eigenvalue weighted by atomic mass is 9.95. The normalized spacial score (nSPS) is 30.6. The van der Waals surface area contributed by atoms with E-state index in [-0.39, 0.29) is 0 Å². The first-order valence-corrected chi connectivity index (χ1v) is 7.02. The molecule has 0 saturated heterocycles. The van der Waals surface area contributed by atoms with Gasteiger partial charge in [0.2, 0.25) is 0 Å². The van der Waals surface area contributed by atoms with Crippen LogP contribution in [0.1, 0.15) is 25.7 Å². The van der Waals surface area contributed by atoms with Gasteiger partial charge in [0, 0.05) is 13.1 Å². The molecule has 3 rings (SSSR count). The minimum absolute atomic E-state index is 0.602. The van der Waals surface area contributed by atoms with Crippen molar-refractivity contribution in [1.82, 2.24) is 9.97 Å². The number of halogens is 1. The highest BCUT2D eigenvalue weighted by Gasteiger charge is 2.39. The van der Waals surface area contributed by atoms with Crippen LogP contribution in [-0.4, -0.2) is 23.1 Å². The summed E-state index contributed by atoms with van der Waals surface area (Å²) < 4.78 is 0.935. The van der Waals surface area contributed by atoms with Gasteiger partial charge >= 0.3 is 0 Å². The third-order valence-electron chi connectivity index (χ3n) is 4.09. The molecule has 2 N–H and O–H groups in total. The molecule has 3 atom stereocenters. The van der Waals surface area contributed by atoms with Gasteiger partial charge in [-0.05, 0) is 47.0 Å². The molecule has 92 valence electrons. The first-order chi connectivity index (χ1) is 8.28. The molecule has 1 aromatic rings. The molecule has 4 nitrogen and oxygen atoms in total. The number of rotatable bonds is 3. The van der Waals surface area contributed by atoms with Gasteiger partial charge in [-0.3, -0.25) is 0 Å². The van der Waals surface area contributed by atoms with Crippen molar-refractivity contribution in [2.24, 2.45) is 11.8 Å². The fourth-order valence-corrected chi connectivity index (χ4v) is 3.76. The lowest BCUT2D eigenvalue weighted by molar-refractivity contribution is 0.439. The number of anilines is 2. The zero-order chi connectivity index (χ0) is 11.8. The van der Waals surface area contributed by atoms with Gasteiger partial charge in [-0.1, -0.05) is 6.42 Å². The van der Waals surface area contributed by atoms with Gasteiger partial charge < -0.3 is 10.6 Å². The van der Waals surface area contributed by atoms with Gasteiger partial charge in [0.1, 0.15) is 22.4 Å². The van der Waals surface area contributed by atoms with Gasteiger partial charge in [0.15, 0.2) is 0 Å². The van der Waals surface area contributed by atoms with E-state index < -0.39 is 0 Å². The summed E-state index contributed by atoms with van der Waals surface area (Å²) in [4.78, 5) is 8.50. The first kappa shape index (κ1) is 11.3. The average molecular weight is 297 g/mol. The van der Waals surface area contributed by atoms with E-state index in [0.29, 0.717) is 6.04 Å². The summed E-state index contributed by atoms with van der Waals surface area (Å²) in [6, 6.07) is 0.602. The molecule has 2 saturated carbocycles. The van der Waals surface area contributed by atoms with Crippen LogP contribution in [-0.2, 0) is 0 Å². The Kier molecular flexibility index (Phi) is 2.94. The molecule has 0 amide bonds. The van der Waals surface area contributed by atoms with Crippen LogP contribution >= 0.6 is 15.9 Å². The van der Waals surface area contributed by atoms with E-state index in [1.807, 2.05) is 7.05 Å². The maximum absolute atomic E-state index is 4.32. The van der Waals surface area contributed by atoms with E-state index >= 15 is 0 Å². The van der Waals surface area contributed by atoms with E-state index in [1.54, 1.807) is 6.33 Å². The minimum atomic E-state index is 0.602. The van der Waals surface area contributed by atoms with Crippen LogP contribution in [0.2, 0.25) is 0 Å². The summed E-state index contributed by atoms with van der Waals surface area (Å²) in [6.45, 7) is 0. The van der Waals surface area contributed by atoms with Crippen molar-refractivity contribution in [3.05, 3.63) is 10.8 Å². The predicted octanol–water partition coefficient (Wildman–Crippen LogP) is 2.88. The first-order valence-electron chi connectivity index (χ1n) is 6.22. The largest absolute Gasteiger partial charge is 0.372 e. The standard InChI is InChI=1S/C12H17BrN4/c1-14-11-10(13)12(16-6-15-11)17-9-5-7-2-3-8(9)4-7/h6-9H,2-5H2,1H3,(H2,14,15,16,17). The molecular weight excluding hydrogens is 280 g/mol. The summed E-state index contributed by atoms with van der Waals surface area (Å²) in [7, 11) is 1.87. The third-order valence-corrected chi connectivity index (χ3v) is 4.84. The zero-order valence-electron chi connectivity index (χ0n) is 9.91. The number of fused-ring (bicyclic) bond motifs is 2. The van der Waals surface area contributed by atoms with Gasteiger partial charge in [-0.15, -0.1) is 0 Å². The Bertz CT molecular complexity index is 423. The summed E-state index contributed by atoms with van der Waals surface area (Å²) >= 11 is 3.55. The summed E-state index contributed by atoms with van der Waals surface area (Å²) in [5.41, 5.74) is 0. The highest BCUT2D eigenvalue weighted by atomic mass is 79.9. The molecule has 0 aliphatic heterocycles. The maximum atomic E-state index is 4.32. The van der Waals surface area contributed by atoms with Gasteiger partial charge in [-0.2, -0.15) is 0 Å². The van der Waals surface area contributed by atoms with E-state index in [4.69, 9.17) is 0 Å². The van der Waals surface area contributed by atoms with E-state index in [9.17, 15) is 0 Å². The summed E-state index contributed by atoms with van der Waals surface area (Å²) in [6.07, 6.45) is 7.11. The van der Waals surface area contributed by atoms with Crippen molar-refractivity contribution >= 4 is 27.6 Å². The SMILES string of the molecule is CNc1ncnc(NC2CC3CCC2C3)c1Br. The maximum Gasteiger partial charge on any atom is 0.146 e. The second-order valence-electron chi connectivity index (χ2n) is 5.06. The van der Waals surface area contributed by atoms with E-state index in [2.05, 4.69) is 36.5 Å². The molecular formula is C12H17BrN4. The number of hydrogen-bond acceptors (Lipinski definition) is 4. The predicted molar refractivity (Wildman–Crippen MR) is 72.1 cm³/mol. The van der Waals surface area contributed by atoms with Gasteiger partial charge in [-0.25, -0.2) is 9.97 Å². The number of aromatic nitrogens is 2. The second kappa shape index (κ2) is 4.44. The Balaban J connectivity index is 1.77. The Labute approximate surface area is 110 Å². The molecule has 1 aromatic heterocycles. The Morgan fingerprint density at radius 1 is 1.24 bits per heavy atom. The Hall–Kier alpha value is -0.840. The quantitative estimate of drug-likeness (QED) is 0.900. The summed E-state index contributed by atoms with van der Waals surface area (Å²) in [5, 5.41) is 6.63. The van der Waals surface area contributed by atoms with Crippen molar-refractivity contribution < 1.29 is 0 Å². The zero-order valence-corrected chi connectivity index (χ0v) is 11.5.